The lowest BCUT2D eigenvalue weighted by atomic mass is 9.95. The van der Waals surface area contributed by atoms with Crippen molar-refractivity contribution in [3.8, 4) is 12.0 Å². The molecule has 0 saturated heterocycles. The third-order valence-electron chi connectivity index (χ3n) is 2.57. The van der Waals surface area contributed by atoms with Gasteiger partial charge < -0.3 is 5.11 Å². The lowest BCUT2D eigenvalue weighted by molar-refractivity contribution is 0.515. The summed E-state index contributed by atoms with van der Waals surface area (Å²) in [5.74, 6) is 2.82. The average molecular weight is 196 g/mol. The van der Waals surface area contributed by atoms with E-state index < -0.39 is 0 Å². The lowest BCUT2D eigenvalue weighted by Gasteiger charge is -2.08. The zero-order chi connectivity index (χ0) is 10.7. The number of hydrogen-bond donors (Lipinski definition) is 1. The topological polar surface area (TPSA) is 20.2 Å². The summed E-state index contributed by atoms with van der Waals surface area (Å²) >= 11 is 0. The third-order valence-corrected chi connectivity index (χ3v) is 2.57. The predicted octanol–water partition coefficient (Wildman–Crippen LogP) is 3.28. The van der Waals surface area contributed by atoms with Crippen molar-refractivity contribution in [2.45, 2.75) is 12.8 Å². The highest BCUT2D eigenvalue weighted by molar-refractivity contribution is 5.86. The van der Waals surface area contributed by atoms with Gasteiger partial charge in [-0.15, -0.1) is 0 Å². The van der Waals surface area contributed by atoms with Crippen LogP contribution in [0.15, 0.2) is 42.5 Å². The van der Waals surface area contributed by atoms with E-state index in [0.717, 1.165) is 5.56 Å². The summed E-state index contributed by atoms with van der Waals surface area (Å²) in [7, 11) is 0. The van der Waals surface area contributed by atoms with Crippen molar-refractivity contribution in [2.24, 2.45) is 0 Å². The molecule has 2 rings (SSSR count). The van der Waals surface area contributed by atoms with Crippen LogP contribution in [-0.4, -0.2) is 5.11 Å². The number of fused-ring (bicyclic) bond motifs is 1. The molecule has 0 aromatic heterocycles. The summed E-state index contributed by atoms with van der Waals surface area (Å²) in [5.41, 5.74) is 1.16. The minimum absolute atomic E-state index is 0.0566. The van der Waals surface area contributed by atoms with E-state index in [4.69, 9.17) is 5.11 Å². The Hall–Kier alpha value is -1.94. The van der Waals surface area contributed by atoms with Gasteiger partial charge in [0.1, 0.15) is 6.11 Å². The fourth-order valence-electron chi connectivity index (χ4n) is 1.80. The molecule has 0 radical (unpaired) electrons. The molecule has 0 aliphatic heterocycles. The van der Waals surface area contributed by atoms with Crippen LogP contribution in [0, 0.1) is 12.0 Å². The van der Waals surface area contributed by atoms with Crippen LogP contribution in [0.1, 0.15) is 18.4 Å². The molecule has 1 nitrogen and oxygen atoms in total. The molecule has 0 fully saturated rings. The molecule has 74 valence electrons. The van der Waals surface area contributed by atoms with E-state index in [1.165, 1.54) is 10.8 Å². The maximum absolute atomic E-state index is 8.61. The monoisotopic (exact) mass is 196 g/mol. The van der Waals surface area contributed by atoms with Crippen LogP contribution in [0.2, 0.25) is 0 Å². The predicted molar refractivity (Wildman–Crippen MR) is 62.1 cm³/mol. The highest BCUT2D eigenvalue weighted by atomic mass is 16.2. The van der Waals surface area contributed by atoms with Gasteiger partial charge in [-0.2, -0.15) is 0 Å². The first-order valence-corrected chi connectivity index (χ1v) is 4.95. The molecule has 0 aliphatic carbocycles. The molecule has 0 amide bonds. The number of rotatable bonds is 1. The number of aliphatic hydroxyl groups is 1. The van der Waals surface area contributed by atoms with Crippen LogP contribution < -0.4 is 0 Å². The zero-order valence-corrected chi connectivity index (χ0v) is 8.57. The maximum Gasteiger partial charge on any atom is 0.108 e. The van der Waals surface area contributed by atoms with Gasteiger partial charge in [0.05, 0.1) is 0 Å². The molecular weight excluding hydrogens is 184 g/mol. The molecule has 0 bridgehead atoms. The molecule has 0 spiro atoms. The molecule has 0 aliphatic rings. The molecule has 2 aromatic rings. The Morgan fingerprint density at radius 3 is 2.60 bits per heavy atom. The Bertz CT molecular complexity index is 526. The third kappa shape index (κ3) is 1.80. The van der Waals surface area contributed by atoms with E-state index in [0.29, 0.717) is 0 Å². The molecule has 1 heteroatoms. The van der Waals surface area contributed by atoms with Crippen molar-refractivity contribution in [3.63, 3.8) is 0 Å². The first-order chi connectivity index (χ1) is 7.33. The van der Waals surface area contributed by atoms with E-state index in [-0.39, 0.29) is 5.92 Å². The van der Waals surface area contributed by atoms with Gasteiger partial charge in [-0.3, -0.25) is 0 Å². The fraction of sp³-hybridized carbons (Fsp3) is 0.143. The average Bonchev–Trinajstić information content (AvgIpc) is 2.28. The molecule has 1 N–H and O–H groups in total. The van der Waals surface area contributed by atoms with Crippen molar-refractivity contribution in [1.82, 2.24) is 0 Å². The summed E-state index contributed by atoms with van der Waals surface area (Å²) in [4.78, 5) is 0. The van der Waals surface area contributed by atoms with Gasteiger partial charge in [0.15, 0.2) is 0 Å². The van der Waals surface area contributed by atoms with E-state index in [1.54, 1.807) is 0 Å². The highest BCUT2D eigenvalue weighted by Gasteiger charge is 2.05. The van der Waals surface area contributed by atoms with E-state index in [9.17, 15) is 0 Å². The summed E-state index contributed by atoms with van der Waals surface area (Å²) in [6.07, 6.45) is 1.98. The summed E-state index contributed by atoms with van der Waals surface area (Å²) < 4.78 is 0. The van der Waals surface area contributed by atoms with Crippen LogP contribution in [0.3, 0.4) is 0 Å². The van der Waals surface area contributed by atoms with E-state index in [1.807, 2.05) is 31.2 Å². The van der Waals surface area contributed by atoms with Gasteiger partial charge in [0.25, 0.3) is 0 Å². The Morgan fingerprint density at radius 2 is 1.80 bits per heavy atom. The molecule has 0 heterocycles. The number of benzene rings is 2. The summed E-state index contributed by atoms with van der Waals surface area (Å²) in [5, 5.41) is 11.0. The van der Waals surface area contributed by atoms with Gasteiger partial charge in [0.2, 0.25) is 0 Å². The summed E-state index contributed by atoms with van der Waals surface area (Å²) in [6.45, 7) is 1.99. The van der Waals surface area contributed by atoms with E-state index in [2.05, 4.69) is 30.2 Å². The van der Waals surface area contributed by atoms with Gasteiger partial charge in [-0.25, -0.2) is 0 Å². The van der Waals surface area contributed by atoms with Crippen molar-refractivity contribution in [2.75, 3.05) is 0 Å². The number of hydrogen-bond acceptors (Lipinski definition) is 1. The van der Waals surface area contributed by atoms with Crippen molar-refractivity contribution in [3.05, 3.63) is 48.0 Å². The van der Waals surface area contributed by atoms with Crippen LogP contribution in [0.4, 0.5) is 0 Å². The molecule has 0 saturated carbocycles. The quantitative estimate of drug-likeness (QED) is 0.694. The second kappa shape index (κ2) is 4.06. The van der Waals surface area contributed by atoms with E-state index >= 15 is 0 Å². The Balaban J connectivity index is 2.63. The minimum atomic E-state index is 0.0566. The van der Waals surface area contributed by atoms with Crippen molar-refractivity contribution in [1.29, 1.82) is 0 Å². The molecule has 1 unspecified atom stereocenters. The van der Waals surface area contributed by atoms with Gasteiger partial charge in [0, 0.05) is 5.92 Å². The Morgan fingerprint density at radius 1 is 1.07 bits per heavy atom. The maximum atomic E-state index is 8.61. The lowest BCUT2D eigenvalue weighted by Crippen LogP contribution is -1.91. The van der Waals surface area contributed by atoms with Crippen LogP contribution in [0.25, 0.3) is 10.8 Å². The van der Waals surface area contributed by atoms with Crippen molar-refractivity contribution < 1.29 is 5.11 Å². The Labute approximate surface area is 89.4 Å². The highest BCUT2D eigenvalue weighted by Crippen LogP contribution is 2.24. The van der Waals surface area contributed by atoms with Crippen LogP contribution in [-0.2, 0) is 0 Å². The smallest absolute Gasteiger partial charge is 0.108 e. The van der Waals surface area contributed by atoms with Gasteiger partial charge in [-0.05, 0) is 23.3 Å². The molecule has 1 atom stereocenters. The standard InChI is InChI=1S/C14H12O/c1-11(9-10-15)13-8-4-6-12-5-2-3-7-14(12)13/h2-8,11,15H,1H3. The second-order valence-corrected chi connectivity index (χ2v) is 3.55. The fourth-order valence-corrected chi connectivity index (χ4v) is 1.80. The summed E-state index contributed by atoms with van der Waals surface area (Å²) in [6, 6.07) is 14.4. The molecule has 2 aromatic carbocycles. The largest absolute Gasteiger partial charge is 0.462 e. The molecular formula is C14H12O. The first-order valence-electron chi connectivity index (χ1n) is 4.95. The first kappa shape index (κ1) is 9.61. The SMILES string of the molecule is CC(C#CO)c1cccc2ccccc12. The minimum Gasteiger partial charge on any atom is -0.462 e. The van der Waals surface area contributed by atoms with Crippen LogP contribution >= 0.6 is 0 Å². The molecule has 15 heavy (non-hydrogen) atoms. The Kier molecular flexibility index (Phi) is 2.60. The number of aliphatic hydroxyl groups excluding tert-OH is 1. The second-order valence-electron chi connectivity index (χ2n) is 3.55. The normalized spacial score (nSPS) is 11.8. The van der Waals surface area contributed by atoms with Gasteiger partial charge in [-0.1, -0.05) is 48.4 Å². The zero-order valence-electron chi connectivity index (χ0n) is 8.57. The van der Waals surface area contributed by atoms with Crippen molar-refractivity contribution >= 4 is 10.8 Å². The van der Waals surface area contributed by atoms with Gasteiger partial charge >= 0.3 is 0 Å². The van der Waals surface area contributed by atoms with Crippen LogP contribution in [0.5, 0.6) is 0 Å².